The maximum absolute atomic E-state index is 12.1. The minimum Gasteiger partial charge on any atom is -0.444 e. The summed E-state index contributed by atoms with van der Waals surface area (Å²) in [5, 5.41) is 5.54. The Balaban J connectivity index is 2.76. The molecular weight excluding hydrogens is 306 g/mol. The minimum atomic E-state index is -0.952. The van der Waals surface area contributed by atoms with Gasteiger partial charge in [0.1, 0.15) is 11.7 Å². The van der Waals surface area contributed by atoms with Crippen molar-refractivity contribution in [2.75, 3.05) is 13.1 Å². The fraction of sp³-hybridized carbons (Fsp3) is 0.769. The van der Waals surface area contributed by atoms with Gasteiger partial charge in [0.05, 0.1) is 12.6 Å². The Hall–Kier alpha value is -2.48. The first kappa shape index (κ1) is 18.6. The first-order chi connectivity index (χ1) is 10.6. The van der Waals surface area contributed by atoms with Gasteiger partial charge in [0.2, 0.25) is 5.91 Å². The first-order valence-electron chi connectivity index (χ1n) is 7.12. The van der Waals surface area contributed by atoms with Crippen LogP contribution in [0.3, 0.4) is 0 Å². The Labute approximate surface area is 133 Å². The van der Waals surface area contributed by atoms with E-state index in [-0.39, 0.29) is 6.54 Å². The second-order valence-electron chi connectivity index (χ2n) is 6.11. The predicted molar refractivity (Wildman–Crippen MR) is 79.4 cm³/mol. The molecule has 0 aliphatic carbocycles. The highest BCUT2D eigenvalue weighted by molar-refractivity contribution is 5.90. The molecule has 10 heteroatoms. The number of carbonyl (C=O) groups excluding carboxylic acids is 3. The van der Waals surface area contributed by atoms with Crippen LogP contribution in [0.2, 0.25) is 0 Å². The molecule has 0 bridgehead atoms. The van der Waals surface area contributed by atoms with Gasteiger partial charge in [-0.3, -0.25) is 10.1 Å². The molecule has 0 aromatic heterocycles. The van der Waals surface area contributed by atoms with Crippen LogP contribution in [0.1, 0.15) is 34.1 Å². The van der Waals surface area contributed by atoms with Crippen molar-refractivity contribution in [3.8, 4) is 0 Å². The molecule has 1 heterocycles. The van der Waals surface area contributed by atoms with Crippen molar-refractivity contribution in [1.82, 2.24) is 10.2 Å². The van der Waals surface area contributed by atoms with Gasteiger partial charge in [-0.15, -0.1) is 0 Å². The molecule has 1 rings (SSSR count). The second-order valence-corrected chi connectivity index (χ2v) is 6.11. The summed E-state index contributed by atoms with van der Waals surface area (Å²) in [6.07, 6.45) is -2.03. The number of carbonyl (C=O) groups is 3. The molecule has 0 radical (unpaired) electrons. The molecular formula is C13H21N5O5. The number of alkyl carbamates (subject to hydrolysis) is 1. The summed E-state index contributed by atoms with van der Waals surface area (Å²) < 4.78 is 10.4. The molecule has 1 aliphatic heterocycles. The zero-order chi connectivity index (χ0) is 17.6. The van der Waals surface area contributed by atoms with E-state index in [1.807, 2.05) is 5.32 Å². The predicted octanol–water partition coefficient (Wildman–Crippen LogP) is 1.95. The molecule has 1 aliphatic rings. The molecule has 0 spiro atoms. The van der Waals surface area contributed by atoms with Crippen LogP contribution >= 0.6 is 0 Å². The topological polar surface area (TPSA) is 134 Å². The van der Waals surface area contributed by atoms with E-state index in [0.717, 1.165) is 0 Å². The highest BCUT2D eigenvalue weighted by atomic mass is 16.6. The largest absolute Gasteiger partial charge is 0.444 e. The number of nitrogens with zero attached hydrogens (tertiary/aromatic N) is 4. The van der Waals surface area contributed by atoms with Gasteiger partial charge in [-0.05, 0) is 32.7 Å². The van der Waals surface area contributed by atoms with Gasteiger partial charge >= 0.3 is 12.2 Å². The van der Waals surface area contributed by atoms with Crippen LogP contribution in [0, 0.1) is 0 Å². The molecule has 1 saturated heterocycles. The second kappa shape index (κ2) is 7.68. The van der Waals surface area contributed by atoms with E-state index in [0.29, 0.717) is 13.0 Å². The molecule has 1 N–H and O–H groups in total. The van der Waals surface area contributed by atoms with Crippen LogP contribution < -0.4 is 5.32 Å². The molecule has 2 atom stereocenters. The van der Waals surface area contributed by atoms with Crippen LogP contribution in [0.4, 0.5) is 9.59 Å². The van der Waals surface area contributed by atoms with E-state index in [1.54, 1.807) is 20.8 Å². The number of rotatable bonds is 2. The van der Waals surface area contributed by atoms with Crippen molar-refractivity contribution in [2.45, 2.75) is 51.9 Å². The van der Waals surface area contributed by atoms with Crippen molar-refractivity contribution >= 4 is 18.1 Å². The van der Waals surface area contributed by atoms with Crippen molar-refractivity contribution in [3.05, 3.63) is 10.4 Å². The smallest absolute Gasteiger partial charge is 0.414 e. The van der Waals surface area contributed by atoms with Crippen LogP contribution in [0.5, 0.6) is 0 Å². The lowest BCUT2D eigenvalue weighted by molar-refractivity contribution is -0.118. The van der Waals surface area contributed by atoms with E-state index in [9.17, 15) is 14.4 Å². The van der Waals surface area contributed by atoms with Gasteiger partial charge < -0.3 is 14.4 Å². The standard InChI is InChI=1S/C13H21N5O5/c1-8(19)15-11(20)22-10-7-18(6-5-9(10)16-17-14)12(21)23-13(2,3)4/h9-10H,5-7H2,1-4H3,(H,15,19,20)/t9-,10+/m1/s1. The summed E-state index contributed by atoms with van der Waals surface area (Å²) >= 11 is 0. The maximum atomic E-state index is 12.1. The molecule has 0 saturated carbocycles. The molecule has 0 unspecified atom stereocenters. The van der Waals surface area contributed by atoms with Gasteiger partial charge in [0.15, 0.2) is 0 Å². The van der Waals surface area contributed by atoms with Crippen LogP contribution in [-0.4, -0.2) is 53.8 Å². The number of azide groups is 1. The van der Waals surface area contributed by atoms with Crippen molar-refractivity contribution < 1.29 is 23.9 Å². The zero-order valence-corrected chi connectivity index (χ0v) is 13.6. The summed E-state index contributed by atoms with van der Waals surface area (Å²) in [6, 6.07) is -0.614. The van der Waals surface area contributed by atoms with Gasteiger partial charge in [0, 0.05) is 18.4 Å². The minimum absolute atomic E-state index is 0.0178. The van der Waals surface area contributed by atoms with Crippen LogP contribution in [-0.2, 0) is 14.3 Å². The number of amides is 3. The number of ether oxygens (including phenoxy) is 2. The summed E-state index contributed by atoms with van der Waals surface area (Å²) in [5.74, 6) is -0.574. The van der Waals surface area contributed by atoms with E-state index in [4.69, 9.17) is 15.0 Å². The third-order valence-electron chi connectivity index (χ3n) is 2.91. The molecule has 23 heavy (non-hydrogen) atoms. The summed E-state index contributed by atoms with van der Waals surface area (Å²) in [7, 11) is 0. The average Bonchev–Trinajstić information content (AvgIpc) is 2.37. The highest BCUT2D eigenvalue weighted by Crippen LogP contribution is 2.20. The molecule has 128 valence electrons. The maximum Gasteiger partial charge on any atom is 0.414 e. The fourth-order valence-electron chi connectivity index (χ4n) is 2.02. The lowest BCUT2D eigenvalue weighted by Crippen LogP contribution is -2.52. The third kappa shape index (κ3) is 6.43. The van der Waals surface area contributed by atoms with Crippen LogP contribution in [0.15, 0.2) is 5.11 Å². The Morgan fingerprint density at radius 3 is 2.52 bits per heavy atom. The van der Waals surface area contributed by atoms with Gasteiger partial charge in [-0.2, -0.15) is 0 Å². The third-order valence-corrected chi connectivity index (χ3v) is 2.91. The number of piperidine rings is 1. The van der Waals surface area contributed by atoms with E-state index >= 15 is 0 Å². The van der Waals surface area contributed by atoms with Gasteiger partial charge in [-0.25, -0.2) is 9.59 Å². The Morgan fingerprint density at radius 2 is 2.00 bits per heavy atom. The summed E-state index contributed by atoms with van der Waals surface area (Å²) in [6.45, 7) is 6.72. The zero-order valence-electron chi connectivity index (χ0n) is 13.6. The van der Waals surface area contributed by atoms with E-state index in [2.05, 4.69) is 10.0 Å². The van der Waals surface area contributed by atoms with Crippen molar-refractivity contribution in [3.63, 3.8) is 0 Å². The molecule has 3 amide bonds. The Bertz CT molecular complexity index is 523. The SMILES string of the molecule is CC(=O)NC(=O)O[C@H]1CN(C(=O)OC(C)(C)C)CC[C@H]1N=[N+]=[N-]. The average molecular weight is 327 g/mol. The molecule has 1 fully saturated rings. The number of likely N-dealkylation sites (tertiary alicyclic amines) is 1. The number of imide groups is 1. The van der Waals surface area contributed by atoms with E-state index < -0.39 is 35.8 Å². The first-order valence-corrected chi connectivity index (χ1v) is 7.12. The van der Waals surface area contributed by atoms with Crippen molar-refractivity contribution in [2.24, 2.45) is 5.11 Å². The van der Waals surface area contributed by atoms with Crippen LogP contribution in [0.25, 0.3) is 10.4 Å². The Kier molecular flexibility index (Phi) is 6.20. The lowest BCUT2D eigenvalue weighted by Gasteiger charge is -2.36. The van der Waals surface area contributed by atoms with Gasteiger partial charge in [-0.1, -0.05) is 5.11 Å². The number of hydrogen-bond donors (Lipinski definition) is 1. The lowest BCUT2D eigenvalue weighted by atomic mass is 10.0. The highest BCUT2D eigenvalue weighted by Gasteiger charge is 2.35. The summed E-state index contributed by atoms with van der Waals surface area (Å²) in [4.78, 5) is 38.6. The van der Waals surface area contributed by atoms with Crippen molar-refractivity contribution in [1.29, 1.82) is 0 Å². The quantitative estimate of drug-likeness (QED) is 0.470. The summed E-state index contributed by atoms with van der Waals surface area (Å²) in [5.41, 5.74) is 7.93. The Morgan fingerprint density at radius 1 is 1.35 bits per heavy atom. The van der Waals surface area contributed by atoms with E-state index in [1.165, 1.54) is 11.8 Å². The molecule has 0 aromatic rings. The molecule has 10 nitrogen and oxygen atoms in total. The molecule has 0 aromatic carbocycles. The fourth-order valence-corrected chi connectivity index (χ4v) is 2.02. The number of nitrogens with one attached hydrogen (secondary N) is 1. The monoisotopic (exact) mass is 327 g/mol. The van der Waals surface area contributed by atoms with Gasteiger partial charge in [0.25, 0.3) is 0 Å². The normalized spacial score (nSPS) is 21.0. The number of hydrogen-bond acceptors (Lipinski definition) is 6.